The zero-order valence-corrected chi connectivity index (χ0v) is 41.8. The van der Waals surface area contributed by atoms with Gasteiger partial charge in [-0.2, -0.15) is 0 Å². The van der Waals surface area contributed by atoms with Crippen molar-refractivity contribution in [3.8, 4) is 0 Å². The Hall–Kier alpha value is -2.63. The molecule has 0 aromatic rings. The van der Waals surface area contributed by atoms with Crippen LogP contribution >= 0.6 is 0 Å². The highest BCUT2D eigenvalue weighted by Crippen LogP contribution is 2.16. The average molecular weight is 883 g/mol. The second-order valence-corrected chi connectivity index (χ2v) is 18.1. The van der Waals surface area contributed by atoms with Crippen LogP contribution in [0.3, 0.4) is 0 Å². The van der Waals surface area contributed by atoms with Gasteiger partial charge in [0.05, 0.1) is 0 Å². The monoisotopic (exact) mass is 883 g/mol. The van der Waals surface area contributed by atoms with E-state index >= 15 is 0 Å². The predicted octanol–water partition coefficient (Wildman–Crippen LogP) is 17.9. The molecule has 0 rings (SSSR count). The lowest BCUT2D eigenvalue weighted by atomic mass is 10.0. The van der Waals surface area contributed by atoms with Crippen molar-refractivity contribution in [2.45, 2.75) is 284 Å². The third kappa shape index (κ3) is 50.2. The van der Waals surface area contributed by atoms with Crippen LogP contribution in [0.25, 0.3) is 0 Å². The van der Waals surface area contributed by atoms with Gasteiger partial charge in [-0.05, 0) is 57.8 Å². The number of allylic oxidation sites excluding steroid dienone is 8. The third-order valence-corrected chi connectivity index (χ3v) is 11.8. The van der Waals surface area contributed by atoms with Crippen LogP contribution < -0.4 is 0 Å². The third-order valence-electron chi connectivity index (χ3n) is 11.8. The summed E-state index contributed by atoms with van der Waals surface area (Å²) >= 11 is 0. The Morgan fingerprint density at radius 2 is 0.619 bits per heavy atom. The predicted molar refractivity (Wildman–Crippen MR) is 270 cm³/mol. The largest absolute Gasteiger partial charge is 0.462 e. The van der Waals surface area contributed by atoms with E-state index in [2.05, 4.69) is 69.4 Å². The first-order valence-electron chi connectivity index (χ1n) is 27.1. The number of carbonyl (C=O) groups is 3. The second kappa shape index (κ2) is 52.0. The number of unbranched alkanes of at least 4 members (excludes halogenated alkanes) is 30. The van der Waals surface area contributed by atoms with E-state index in [1.54, 1.807) is 0 Å². The van der Waals surface area contributed by atoms with Crippen molar-refractivity contribution in [2.24, 2.45) is 0 Å². The molecule has 0 aromatic heterocycles. The van der Waals surface area contributed by atoms with E-state index in [4.69, 9.17) is 14.2 Å². The molecule has 6 heteroatoms. The molecule has 0 aliphatic carbocycles. The number of rotatable bonds is 49. The second-order valence-electron chi connectivity index (χ2n) is 18.1. The number of hydrogen-bond acceptors (Lipinski definition) is 6. The maximum atomic E-state index is 12.7. The van der Waals surface area contributed by atoms with Crippen molar-refractivity contribution in [1.29, 1.82) is 0 Å². The lowest BCUT2D eigenvalue weighted by Gasteiger charge is -2.18. The Labute approximate surface area is 390 Å². The van der Waals surface area contributed by atoms with Gasteiger partial charge in [0, 0.05) is 19.3 Å². The summed E-state index contributed by atoms with van der Waals surface area (Å²) in [5, 5.41) is 0. The van der Waals surface area contributed by atoms with Gasteiger partial charge in [0.15, 0.2) is 6.10 Å². The molecule has 6 nitrogen and oxygen atoms in total. The van der Waals surface area contributed by atoms with Crippen LogP contribution in [0, 0.1) is 0 Å². The summed E-state index contributed by atoms with van der Waals surface area (Å²) < 4.78 is 16.7. The van der Waals surface area contributed by atoms with Gasteiger partial charge in [0.1, 0.15) is 13.2 Å². The summed E-state index contributed by atoms with van der Waals surface area (Å²) in [7, 11) is 0. The van der Waals surface area contributed by atoms with Crippen molar-refractivity contribution in [1.82, 2.24) is 0 Å². The molecule has 0 bridgehead atoms. The SMILES string of the molecule is CC/C=C\C/C=C\C/C=C\C/C=C\CCCCC(=O)OC(COC(=O)CCCCCCCCC)COC(=O)CCCCCCCCCCCCCCCCCCCCCCCCC. The van der Waals surface area contributed by atoms with Crippen LogP contribution in [-0.4, -0.2) is 37.2 Å². The van der Waals surface area contributed by atoms with Crippen LogP contribution in [0.2, 0.25) is 0 Å². The summed E-state index contributed by atoms with van der Waals surface area (Å²) in [6, 6.07) is 0. The lowest BCUT2D eigenvalue weighted by Crippen LogP contribution is -2.30. The molecular formula is C57H102O6. The normalized spacial score (nSPS) is 12.4. The fraction of sp³-hybridized carbons (Fsp3) is 0.807. The van der Waals surface area contributed by atoms with Gasteiger partial charge >= 0.3 is 17.9 Å². The molecule has 0 aliphatic rings. The smallest absolute Gasteiger partial charge is 0.306 e. The number of esters is 3. The highest BCUT2D eigenvalue weighted by molar-refractivity contribution is 5.71. The van der Waals surface area contributed by atoms with Gasteiger partial charge in [0.25, 0.3) is 0 Å². The molecule has 0 saturated heterocycles. The first kappa shape index (κ1) is 60.4. The Kier molecular flexibility index (Phi) is 49.8. The van der Waals surface area contributed by atoms with E-state index in [0.29, 0.717) is 19.3 Å². The van der Waals surface area contributed by atoms with Crippen LogP contribution in [0.5, 0.6) is 0 Å². The van der Waals surface area contributed by atoms with Gasteiger partial charge in [0.2, 0.25) is 0 Å². The minimum atomic E-state index is -0.789. The van der Waals surface area contributed by atoms with E-state index in [9.17, 15) is 14.4 Å². The van der Waals surface area contributed by atoms with Crippen molar-refractivity contribution >= 4 is 17.9 Å². The first-order chi connectivity index (χ1) is 31.0. The van der Waals surface area contributed by atoms with Gasteiger partial charge in [-0.3, -0.25) is 14.4 Å². The molecule has 0 aromatic carbocycles. The molecule has 1 unspecified atom stereocenters. The minimum absolute atomic E-state index is 0.0867. The van der Waals surface area contributed by atoms with E-state index in [1.165, 1.54) is 154 Å². The fourth-order valence-corrected chi connectivity index (χ4v) is 7.79. The van der Waals surface area contributed by atoms with E-state index in [-0.39, 0.29) is 37.5 Å². The van der Waals surface area contributed by atoms with Crippen LogP contribution in [0.4, 0.5) is 0 Å². The molecule has 0 N–H and O–H groups in total. The van der Waals surface area contributed by atoms with E-state index in [1.807, 2.05) is 0 Å². The zero-order chi connectivity index (χ0) is 45.8. The molecule has 0 spiro atoms. The zero-order valence-electron chi connectivity index (χ0n) is 41.8. The molecular weight excluding hydrogens is 781 g/mol. The van der Waals surface area contributed by atoms with Crippen LogP contribution in [0.15, 0.2) is 48.6 Å². The molecule has 0 amide bonds. The standard InChI is InChI=1S/C57H102O6/c1-4-7-10-13-16-18-20-22-24-25-26-27-28-29-30-31-33-34-36-38-41-44-47-50-56(59)62-53-54(52-61-55(58)49-46-43-40-15-12-9-6-3)63-57(60)51-48-45-42-39-37-35-32-23-21-19-17-14-11-8-5-2/h8,11,17,19,23,32,37,39,54H,4-7,9-10,12-16,18,20-22,24-31,33-36,38,40-53H2,1-3H3/b11-8-,19-17-,32-23-,39-37-. The van der Waals surface area contributed by atoms with E-state index in [0.717, 1.165) is 77.0 Å². The quantitative estimate of drug-likeness (QED) is 0.0262. The fourth-order valence-electron chi connectivity index (χ4n) is 7.79. The highest BCUT2D eigenvalue weighted by Gasteiger charge is 2.19. The lowest BCUT2D eigenvalue weighted by molar-refractivity contribution is -0.167. The Morgan fingerprint density at radius 3 is 0.968 bits per heavy atom. The number of hydrogen-bond donors (Lipinski definition) is 0. The molecule has 366 valence electrons. The Morgan fingerprint density at radius 1 is 0.333 bits per heavy atom. The minimum Gasteiger partial charge on any atom is -0.462 e. The topological polar surface area (TPSA) is 78.9 Å². The molecule has 0 heterocycles. The Bertz CT molecular complexity index is 1110. The van der Waals surface area contributed by atoms with Gasteiger partial charge in [-0.25, -0.2) is 0 Å². The van der Waals surface area contributed by atoms with Gasteiger partial charge in [-0.15, -0.1) is 0 Å². The van der Waals surface area contributed by atoms with Gasteiger partial charge < -0.3 is 14.2 Å². The molecule has 1 atom stereocenters. The first-order valence-corrected chi connectivity index (χ1v) is 27.1. The maximum Gasteiger partial charge on any atom is 0.306 e. The summed E-state index contributed by atoms with van der Waals surface area (Å²) in [6.07, 6.45) is 62.8. The summed E-state index contributed by atoms with van der Waals surface area (Å²) in [4.78, 5) is 37.8. The Balaban J connectivity index is 4.18. The summed E-state index contributed by atoms with van der Waals surface area (Å²) in [5.41, 5.74) is 0. The summed E-state index contributed by atoms with van der Waals surface area (Å²) in [6.45, 7) is 6.47. The average Bonchev–Trinajstić information content (AvgIpc) is 3.28. The van der Waals surface area contributed by atoms with Crippen molar-refractivity contribution in [2.75, 3.05) is 13.2 Å². The van der Waals surface area contributed by atoms with Crippen LogP contribution in [-0.2, 0) is 28.6 Å². The van der Waals surface area contributed by atoms with Gasteiger partial charge in [-0.1, -0.05) is 249 Å². The number of carbonyl (C=O) groups excluding carboxylic acids is 3. The highest BCUT2D eigenvalue weighted by atomic mass is 16.6. The molecule has 63 heavy (non-hydrogen) atoms. The summed E-state index contributed by atoms with van der Waals surface area (Å²) in [5.74, 6) is -0.926. The van der Waals surface area contributed by atoms with E-state index < -0.39 is 6.10 Å². The van der Waals surface area contributed by atoms with Crippen molar-refractivity contribution in [3.63, 3.8) is 0 Å². The maximum absolute atomic E-state index is 12.7. The van der Waals surface area contributed by atoms with Crippen LogP contribution in [0.1, 0.15) is 278 Å². The van der Waals surface area contributed by atoms with Crippen molar-refractivity contribution < 1.29 is 28.6 Å². The molecule has 0 aliphatic heterocycles. The van der Waals surface area contributed by atoms with Crippen molar-refractivity contribution in [3.05, 3.63) is 48.6 Å². The molecule has 0 saturated carbocycles. The molecule has 0 fully saturated rings. The number of ether oxygens (including phenoxy) is 3. The molecule has 0 radical (unpaired) electrons.